The van der Waals surface area contributed by atoms with Crippen LogP contribution in [0, 0.1) is 0 Å². The maximum atomic E-state index is 12.9. The van der Waals surface area contributed by atoms with Crippen molar-refractivity contribution in [3.8, 4) is 0 Å². The Morgan fingerprint density at radius 1 is 0.867 bits per heavy atom. The highest BCUT2D eigenvalue weighted by Crippen LogP contribution is 2.29. The lowest BCUT2D eigenvalue weighted by atomic mass is 10.1. The number of rotatable bonds is 8. The van der Waals surface area contributed by atoms with Crippen LogP contribution in [0.3, 0.4) is 0 Å². The molecule has 0 saturated heterocycles. The van der Waals surface area contributed by atoms with Crippen molar-refractivity contribution in [2.75, 3.05) is 19.7 Å². The number of aliphatic hydroxyl groups is 2. The summed E-state index contributed by atoms with van der Waals surface area (Å²) in [6, 6.07) is 25.4. The zero-order valence-electron chi connectivity index (χ0n) is 16.8. The van der Waals surface area contributed by atoms with Crippen molar-refractivity contribution < 1.29 is 15.0 Å². The third-order valence-electron chi connectivity index (χ3n) is 5.40. The summed E-state index contributed by atoms with van der Waals surface area (Å²) in [5.74, 6) is -0.134. The van der Waals surface area contributed by atoms with Crippen LogP contribution in [0.1, 0.15) is 16.8 Å². The van der Waals surface area contributed by atoms with E-state index in [0.29, 0.717) is 25.1 Å². The molecule has 1 heterocycles. The van der Waals surface area contributed by atoms with Crippen molar-refractivity contribution in [2.45, 2.75) is 19.1 Å². The Balaban J connectivity index is 1.59. The van der Waals surface area contributed by atoms with E-state index in [9.17, 15) is 15.0 Å². The highest BCUT2D eigenvalue weighted by atomic mass is 16.3. The molecular formula is C25H26N2O3. The molecule has 5 nitrogen and oxygen atoms in total. The van der Waals surface area contributed by atoms with Gasteiger partial charge in [0, 0.05) is 47.1 Å². The predicted octanol–water partition coefficient (Wildman–Crippen LogP) is 3.68. The van der Waals surface area contributed by atoms with Crippen LogP contribution in [-0.4, -0.2) is 51.4 Å². The van der Waals surface area contributed by atoms with Gasteiger partial charge < -0.3 is 19.7 Å². The van der Waals surface area contributed by atoms with Gasteiger partial charge in [-0.25, -0.2) is 0 Å². The first-order valence-electron chi connectivity index (χ1n) is 10.3. The van der Waals surface area contributed by atoms with Gasteiger partial charge in [0.15, 0.2) is 0 Å². The molecule has 1 unspecified atom stereocenters. The lowest BCUT2D eigenvalue weighted by Crippen LogP contribution is -2.40. The van der Waals surface area contributed by atoms with Crippen LogP contribution in [0.2, 0.25) is 0 Å². The average Bonchev–Trinajstić information content (AvgIpc) is 3.10. The van der Waals surface area contributed by atoms with E-state index in [-0.39, 0.29) is 19.1 Å². The van der Waals surface area contributed by atoms with Crippen molar-refractivity contribution in [2.24, 2.45) is 0 Å². The van der Waals surface area contributed by atoms with Crippen molar-refractivity contribution in [1.29, 1.82) is 0 Å². The van der Waals surface area contributed by atoms with Crippen LogP contribution in [0.25, 0.3) is 21.8 Å². The molecule has 0 aliphatic heterocycles. The largest absolute Gasteiger partial charge is 0.396 e. The number of nitrogens with zero attached hydrogens (tertiary/aromatic N) is 2. The minimum Gasteiger partial charge on any atom is -0.396 e. The summed E-state index contributed by atoms with van der Waals surface area (Å²) in [5, 5.41) is 22.5. The molecule has 0 aliphatic carbocycles. The predicted molar refractivity (Wildman–Crippen MR) is 119 cm³/mol. The summed E-state index contributed by atoms with van der Waals surface area (Å²) >= 11 is 0. The second-order valence-corrected chi connectivity index (χ2v) is 7.49. The van der Waals surface area contributed by atoms with Crippen molar-refractivity contribution in [3.05, 3.63) is 84.4 Å². The van der Waals surface area contributed by atoms with Gasteiger partial charge >= 0.3 is 0 Å². The fourth-order valence-electron chi connectivity index (χ4n) is 4.02. The Bertz CT molecular complexity index is 1080. The molecule has 1 amide bonds. The summed E-state index contributed by atoms with van der Waals surface area (Å²) in [7, 11) is 0. The summed E-state index contributed by atoms with van der Waals surface area (Å²) in [5.41, 5.74) is 2.71. The minimum atomic E-state index is -0.740. The van der Waals surface area contributed by atoms with E-state index in [1.807, 2.05) is 42.5 Å². The normalized spacial score (nSPS) is 12.3. The zero-order chi connectivity index (χ0) is 20.9. The first kappa shape index (κ1) is 20.1. The van der Waals surface area contributed by atoms with Crippen LogP contribution in [0.15, 0.2) is 78.9 Å². The number of carbonyl (C=O) groups excluding carboxylic acids is 1. The lowest BCUT2D eigenvalue weighted by molar-refractivity contribution is 0.0582. The fourth-order valence-corrected chi connectivity index (χ4v) is 4.02. The van der Waals surface area contributed by atoms with Crippen molar-refractivity contribution >= 4 is 27.7 Å². The second-order valence-electron chi connectivity index (χ2n) is 7.49. The van der Waals surface area contributed by atoms with E-state index in [2.05, 4.69) is 28.8 Å². The van der Waals surface area contributed by atoms with Gasteiger partial charge in [0.05, 0.1) is 12.6 Å². The fraction of sp³-hybridized carbons (Fsp3) is 0.240. The molecule has 4 aromatic rings. The Morgan fingerprint density at radius 2 is 1.43 bits per heavy atom. The second kappa shape index (κ2) is 9.11. The van der Waals surface area contributed by atoms with Crippen LogP contribution in [0.4, 0.5) is 0 Å². The minimum absolute atomic E-state index is 0.00153. The zero-order valence-corrected chi connectivity index (χ0v) is 16.8. The standard InChI is InChI=1S/C25H26N2O3/c28-16-8-15-26(25(30)19-9-2-1-3-10-19)17-20(29)18-27-23-13-6-4-11-21(23)22-12-5-7-14-24(22)27/h1-7,9-14,20,28-29H,8,15-18H2. The number of amides is 1. The summed E-state index contributed by atoms with van der Waals surface area (Å²) in [6.45, 7) is 0.982. The van der Waals surface area contributed by atoms with Crippen LogP contribution >= 0.6 is 0 Å². The first-order valence-corrected chi connectivity index (χ1v) is 10.3. The Labute approximate surface area is 175 Å². The molecule has 2 N–H and O–H groups in total. The van der Waals surface area contributed by atoms with Gasteiger partial charge in [-0.3, -0.25) is 4.79 Å². The smallest absolute Gasteiger partial charge is 0.253 e. The number of hydrogen-bond donors (Lipinski definition) is 2. The highest BCUT2D eigenvalue weighted by Gasteiger charge is 2.20. The highest BCUT2D eigenvalue weighted by molar-refractivity contribution is 6.07. The van der Waals surface area contributed by atoms with E-state index in [1.54, 1.807) is 17.0 Å². The molecule has 0 fully saturated rings. The Hall–Kier alpha value is -3.15. The number of aliphatic hydroxyl groups excluding tert-OH is 2. The van der Waals surface area contributed by atoms with E-state index in [4.69, 9.17) is 0 Å². The molecule has 4 rings (SSSR count). The van der Waals surface area contributed by atoms with Gasteiger partial charge in [0.25, 0.3) is 5.91 Å². The van der Waals surface area contributed by atoms with E-state index in [0.717, 1.165) is 21.8 Å². The number of fused-ring (bicyclic) bond motifs is 3. The molecule has 0 spiro atoms. The lowest BCUT2D eigenvalue weighted by Gasteiger charge is -2.26. The molecular weight excluding hydrogens is 376 g/mol. The molecule has 0 saturated carbocycles. The molecule has 3 aromatic carbocycles. The Kier molecular flexibility index (Phi) is 6.12. The summed E-state index contributed by atoms with van der Waals surface area (Å²) in [6.07, 6.45) is -0.267. The van der Waals surface area contributed by atoms with Crippen molar-refractivity contribution in [1.82, 2.24) is 9.47 Å². The van der Waals surface area contributed by atoms with Gasteiger partial charge in [-0.1, -0.05) is 54.6 Å². The van der Waals surface area contributed by atoms with Crippen molar-refractivity contribution in [3.63, 3.8) is 0 Å². The topological polar surface area (TPSA) is 65.7 Å². The van der Waals surface area contributed by atoms with Crippen LogP contribution in [-0.2, 0) is 6.54 Å². The molecule has 1 atom stereocenters. The quantitative estimate of drug-likeness (QED) is 0.473. The number of para-hydroxylation sites is 2. The molecule has 154 valence electrons. The Morgan fingerprint density at radius 3 is 2.03 bits per heavy atom. The number of benzene rings is 3. The SMILES string of the molecule is O=C(c1ccccc1)N(CCCO)CC(O)Cn1c2ccccc2c2ccccc21. The molecule has 30 heavy (non-hydrogen) atoms. The van der Waals surface area contributed by atoms with Gasteiger partial charge in [0.1, 0.15) is 0 Å². The third kappa shape index (κ3) is 4.08. The van der Waals surface area contributed by atoms with E-state index in [1.165, 1.54) is 0 Å². The van der Waals surface area contributed by atoms with Gasteiger partial charge in [-0.15, -0.1) is 0 Å². The van der Waals surface area contributed by atoms with E-state index < -0.39 is 6.10 Å². The molecule has 0 aliphatic rings. The third-order valence-corrected chi connectivity index (χ3v) is 5.40. The number of carbonyl (C=O) groups is 1. The van der Waals surface area contributed by atoms with Crippen LogP contribution < -0.4 is 0 Å². The average molecular weight is 402 g/mol. The first-order chi connectivity index (χ1) is 14.7. The van der Waals surface area contributed by atoms with Gasteiger partial charge in [0.2, 0.25) is 0 Å². The molecule has 5 heteroatoms. The number of aromatic nitrogens is 1. The molecule has 0 bridgehead atoms. The maximum Gasteiger partial charge on any atom is 0.253 e. The molecule has 0 radical (unpaired) electrons. The monoisotopic (exact) mass is 402 g/mol. The van der Waals surface area contributed by atoms with E-state index >= 15 is 0 Å². The summed E-state index contributed by atoms with van der Waals surface area (Å²) in [4.78, 5) is 14.6. The maximum absolute atomic E-state index is 12.9. The van der Waals surface area contributed by atoms with Gasteiger partial charge in [-0.05, 0) is 30.7 Å². The van der Waals surface area contributed by atoms with Gasteiger partial charge in [-0.2, -0.15) is 0 Å². The van der Waals surface area contributed by atoms with Crippen LogP contribution in [0.5, 0.6) is 0 Å². The number of hydrogen-bond acceptors (Lipinski definition) is 3. The molecule has 1 aromatic heterocycles. The summed E-state index contributed by atoms with van der Waals surface area (Å²) < 4.78 is 2.12.